The molecular formula is C16H22N2O2. The van der Waals surface area contributed by atoms with Crippen LogP contribution in [-0.4, -0.2) is 18.4 Å². The van der Waals surface area contributed by atoms with Crippen LogP contribution in [0.4, 0.5) is 5.69 Å². The molecule has 2 rings (SSSR count). The molecule has 1 aromatic rings. The average molecular weight is 274 g/mol. The monoisotopic (exact) mass is 274 g/mol. The summed E-state index contributed by atoms with van der Waals surface area (Å²) in [6.45, 7) is 8.27. The molecule has 1 N–H and O–H groups in total. The SMILES string of the molecule is CCCCN1C(=O)[C@H](NC(C)=O)c2c(C)ccc(C)c21. The second-order valence-electron chi connectivity index (χ2n) is 5.44. The van der Waals surface area contributed by atoms with Crippen LogP contribution in [0, 0.1) is 13.8 Å². The highest BCUT2D eigenvalue weighted by atomic mass is 16.2. The molecule has 2 amide bonds. The van der Waals surface area contributed by atoms with Crippen LogP contribution >= 0.6 is 0 Å². The second kappa shape index (κ2) is 5.65. The van der Waals surface area contributed by atoms with Gasteiger partial charge in [-0.2, -0.15) is 0 Å². The first-order valence-corrected chi connectivity index (χ1v) is 7.16. The number of carbonyl (C=O) groups is 2. The Hall–Kier alpha value is -1.84. The minimum Gasteiger partial charge on any atom is -0.341 e. The lowest BCUT2D eigenvalue weighted by Gasteiger charge is -2.19. The zero-order valence-electron chi connectivity index (χ0n) is 12.6. The molecule has 1 aliphatic rings. The van der Waals surface area contributed by atoms with Crippen LogP contribution in [0.5, 0.6) is 0 Å². The number of fused-ring (bicyclic) bond motifs is 1. The molecule has 4 nitrogen and oxygen atoms in total. The van der Waals surface area contributed by atoms with Crippen molar-refractivity contribution in [2.24, 2.45) is 0 Å². The van der Waals surface area contributed by atoms with Crippen molar-refractivity contribution in [1.82, 2.24) is 5.32 Å². The van der Waals surface area contributed by atoms with Gasteiger partial charge in [0.25, 0.3) is 5.91 Å². The molecule has 0 fully saturated rings. The van der Waals surface area contributed by atoms with E-state index >= 15 is 0 Å². The topological polar surface area (TPSA) is 49.4 Å². The van der Waals surface area contributed by atoms with Gasteiger partial charge in [-0.3, -0.25) is 9.59 Å². The van der Waals surface area contributed by atoms with Crippen molar-refractivity contribution in [3.63, 3.8) is 0 Å². The van der Waals surface area contributed by atoms with Gasteiger partial charge >= 0.3 is 0 Å². The van der Waals surface area contributed by atoms with Gasteiger partial charge in [-0.05, 0) is 31.4 Å². The van der Waals surface area contributed by atoms with E-state index in [1.54, 1.807) is 0 Å². The lowest BCUT2D eigenvalue weighted by atomic mass is 9.99. The van der Waals surface area contributed by atoms with E-state index in [2.05, 4.69) is 12.2 Å². The number of hydrogen-bond acceptors (Lipinski definition) is 2. The second-order valence-corrected chi connectivity index (χ2v) is 5.44. The van der Waals surface area contributed by atoms with E-state index in [1.807, 2.05) is 30.9 Å². The number of amides is 2. The molecule has 0 unspecified atom stereocenters. The van der Waals surface area contributed by atoms with Gasteiger partial charge < -0.3 is 10.2 Å². The number of benzene rings is 1. The number of hydrogen-bond donors (Lipinski definition) is 1. The molecule has 1 heterocycles. The van der Waals surface area contributed by atoms with Gasteiger partial charge in [-0.25, -0.2) is 0 Å². The molecule has 108 valence electrons. The van der Waals surface area contributed by atoms with Gasteiger partial charge in [-0.1, -0.05) is 25.5 Å². The molecular weight excluding hydrogens is 252 g/mol. The Balaban J connectivity index is 2.49. The first-order valence-electron chi connectivity index (χ1n) is 7.16. The number of nitrogens with zero attached hydrogens (tertiary/aromatic N) is 1. The van der Waals surface area contributed by atoms with E-state index in [0.717, 1.165) is 35.2 Å². The third-order valence-electron chi connectivity index (χ3n) is 3.79. The predicted molar refractivity (Wildman–Crippen MR) is 79.7 cm³/mol. The van der Waals surface area contributed by atoms with Crippen molar-refractivity contribution >= 4 is 17.5 Å². The van der Waals surface area contributed by atoms with E-state index in [9.17, 15) is 9.59 Å². The summed E-state index contributed by atoms with van der Waals surface area (Å²) in [5.41, 5.74) is 4.09. The van der Waals surface area contributed by atoms with Crippen LogP contribution in [0.15, 0.2) is 12.1 Å². The standard InChI is InChI=1S/C16H22N2O2/c1-5-6-9-18-15-11(3)8-7-10(2)13(15)14(16(18)20)17-12(4)19/h7-8,14H,5-6,9H2,1-4H3,(H,17,19)/t14-/m1/s1. The fraction of sp³-hybridized carbons (Fsp3) is 0.500. The molecule has 4 heteroatoms. The van der Waals surface area contributed by atoms with Crippen LogP contribution < -0.4 is 10.2 Å². The highest BCUT2D eigenvalue weighted by Gasteiger charge is 2.39. The summed E-state index contributed by atoms with van der Waals surface area (Å²) in [6, 6.07) is 3.52. The molecule has 0 bridgehead atoms. The van der Waals surface area contributed by atoms with Crippen LogP contribution in [0.1, 0.15) is 49.4 Å². The number of carbonyl (C=O) groups excluding carboxylic acids is 2. The molecule has 20 heavy (non-hydrogen) atoms. The lowest BCUT2D eigenvalue weighted by Crippen LogP contribution is -2.37. The van der Waals surface area contributed by atoms with Gasteiger partial charge in [-0.15, -0.1) is 0 Å². The summed E-state index contributed by atoms with van der Waals surface area (Å²) < 4.78 is 0. The van der Waals surface area contributed by atoms with E-state index < -0.39 is 6.04 Å². The lowest BCUT2D eigenvalue weighted by molar-refractivity contribution is -0.126. The molecule has 1 aliphatic heterocycles. The Morgan fingerprint density at radius 3 is 2.55 bits per heavy atom. The van der Waals surface area contributed by atoms with Crippen LogP contribution in [0.2, 0.25) is 0 Å². The summed E-state index contributed by atoms with van der Waals surface area (Å²) in [5.74, 6) is -0.186. The Kier molecular flexibility index (Phi) is 4.12. The molecule has 0 saturated heterocycles. The first-order chi connectivity index (χ1) is 9.47. The number of rotatable bonds is 4. The predicted octanol–water partition coefficient (Wildman–Crippen LogP) is 2.63. The smallest absolute Gasteiger partial charge is 0.254 e. The fourth-order valence-corrected chi connectivity index (χ4v) is 2.81. The summed E-state index contributed by atoms with van der Waals surface area (Å²) in [6.07, 6.45) is 2.00. The van der Waals surface area contributed by atoms with Gasteiger partial charge in [0.1, 0.15) is 6.04 Å². The number of aryl methyl sites for hydroxylation is 2. The highest BCUT2D eigenvalue weighted by molar-refractivity contribution is 6.07. The third-order valence-corrected chi connectivity index (χ3v) is 3.79. The maximum atomic E-state index is 12.6. The Morgan fingerprint density at radius 2 is 1.95 bits per heavy atom. The van der Waals surface area contributed by atoms with E-state index in [0.29, 0.717) is 6.54 Å². The van der Waals surface area contributed by atoms with Gasteiger partial charge in [0, 0.05) is 19.0 Å². The van der Waals surface area contributed by atoms with Crippen LogP contribution in [-0.2, 0) is 9.59 Å². The van der Waals surface area contributed by atoms with Crippen LogP contribution in [0.3, 0.4) is 0 Å². The maximum absolute atomic E-state index is 12.6. The Labute approximate surface area is 120 Å². The molecule has 0 aliphatic carbocycles. The number of nitrogens with one attached hydrogen (secondary N) is 1. The van der Waals surface area contributed by atoms with E-state index in [1.165, 1.54) is 6.92 Å². The van der Waals surface area contributed by atoms with E-state index in [4.69, 9.17) is 0 Å². The van der Waals surface area contributed by atoms with Crippen molar-refractivity contribution in [2.75, 3.05) is 11.4 Å². The molecule has 1 atom stereocenters. The molecule has 0 aromatic heterocycles. The zero-order chi connectivity index (χ0) is 14.9. The summed E-state index contributed by atoms with van der Waals surface area (Å²) >= 11 is 0. The minimum atomic E-state index is -0.528. The normalized spacial score (nSPS) is 17.3. The van der Waals surface area contributed by atoms with Crippen LogP contribution in [0.25, 0.3) is 0 Å². The molecule has 1 aromatic carbocycles. The van der Waals surface area contributed by atoms with E-state index in [-0.39, 0.29) is 11.8 Å². The summed E-state index contributed by atoms with van der Waals surface area (Å²) in [7, 11) is 0. The van der Waals surface area contributed by atoms with Gasteiger partial charge in [0.15, 0.2) is 0 Å². The van der Waals surface area contributed by atoms with Gasteiger partial charge in [0.2, 0.25) is 5.91 Å². The maximum Gasteiger partial charge on any atom is 0.254 e. The fourth-order valence-electron chi connectivity index (χ4n) is 2.81. The Bertz CT molecular complexity index is 552. The summed E-state index contributed by atoms with van der Waals surface area (Å²) in [5, 5.41) is 2.79. The molecule has 0 spiro atoms. The minimum absolute atomic E-state index is 0.0129. The van der Waals surface area contributed by atoms with Crippen molar-refractivity contribution in [1.29, 1.82) is 0 Å². The van der Waals surface area contributed by atoms with Crippen molar-refractivity contribution in [3.8, 4) is 0 Å². The highest BCUT2D eigenvalue weighted by Crippen LogP contribution is 2.40. The Morgan fingerprint density at radius 1 is 1.30 bits per heavy atom. The van der Waals surface area contributed by atoms with Crippen molar-refractivity contribution in [3.05, 3.63) is 28.8 Å². The largest absolute Gasteiger partial charge is 0.341 e. The zero-order valence-corrected chi connectivity index (χ0v) is 12.6. The number of unbranched alkanes of at least 4 members (excludes halogenated alkanes) is 1. The quantitative estimate of drug-likeness (QED) is 0.917. The molecule has 0 radical (unpaired) electrons. The molecule has 0 saturated carbocycles. The van der Waals surface area contributed by atoms with Gasteiger partial charge in [0.05, 0.1) is 5.69 Å². The average Bonchev–Trinajstić information content (AvgIpc) is 2.66. The third kappa shape index (κ3) is 2.42. The number of anilines is 1. The first kappa shape index (κ1) is 14.6. The summed E-state index contributed by atoms with van der Waals surface area (Å²) in [4.78, 5) is 25.8. The van der Waals surface area contributed by atoms with Crippen molar-refractivity contribution in [2.45, 2.75) is 46.6 Å². The van der Waals surface area contributed by atoms with Crippen molar-refractivity contribution < 1.29 is 9.59 Å².